The molecule has 0 heterocycles. The first kappa shape index (κ1) is 26.0. The molecule has 0 amide bonds. The predicted octanol–water partition coefficient (Wildman–Crippen LogP) is 7.63. The summed E-state index contributed by atoms with van der Waals surface area (Å²) in [5.74, 6) is -5.38. The van der Waals surface area contributed by atoms with Crippen molar-refractivity contribution in [1.82, 2.24) is 0 Å². The Labute approximate surface area is 208 Å². The van der Waals surface area contributed by atoms with Gasteiger partial charge in [0.1, 0.15) is 6.61 Å². The SMILES string of the molecule is CCCC(O)C1CCC(c2ccc(-c3ccc(COc4ccc(O)c(F)c4F)cc3)c(F)c2F)CC1. The monoisotopic (exact) mass is 502 g/mol. The van der Waals surface area contributed by atoms with Crippen LogP contribution in [0.25, 0.3) is 11.1 Å². The highest BCUT2D eigenvalue weighted by Gasteiger charge is 2.29. The summed E-state index contributed by atoms with van der Waals surface area (Å²) in [6.07, 6.45) is 4.42. The molecular weight excluding hydrogens is 472 g/mol. The van der Waals surface area contributed by atoms with Gasteiger partial charge in [-0.2, -0.15) is 8.78 Å². The molecule has 0 radical (unpaired) electrons. The van der Waals surface area contributed by atoms with Crippen molar-refractivity contribution in [3.63, 3.8) is 0 Å². The molecule has 4 rings (SSSR count). The number of ether oxygens (including phenoxy) is 1. The zero-order valence-corrected chi connectivity index (χ0v) is 20.1. The number of halogens is 4. The van der Waals surface area contributed by atoms with Crippen LogP contribution in [-0.4, -0.2) is 16.3 Å². The number of rotatable bonds is 8. The van der Waals surface area contributed by atoms with Gasteiger partial charge in [-0.25, -0.2) is 8.78 Å². The third kappa shape index (κ3) is 5.51. The van der Waals surface area contributed by atoms with Crippen LogP contribution in [-0.2, 0) is 6.61 Å². The normalized spacial score (nSPS) is 18.7. The van der Waals surface area contributed by atoms with Crippen molar-refractivity contribution in [2.75, 3.05) is 0 Å². The molecule has 0 aromatic heterocycles. The van der Waals surface area contributed by atoms with E-state index in [1.54, 1.807) is 36.4 Å². The molecule has 36 heavy (non-hydrogen) atoms. The Hall–Kier alpha value is -3.06. The second-order valence-corrected chi connectivity index (χ2v) is 9.49. The minimum absolute atomic E-state index is 0.0664. The van der Waals surface area contributed by atoms with Gasteiger partial charge in [-0.3, -0.25) is 0 Å². The Morgan fingerprint density at radius 1 is 0.833 bits per heavy atom. The maximum atomic E-state index is 15.1. The third-order valence-corrected chi connectivity index (χ3v) is 7.14. The maximum absolute atomic E-state index is 15.1. The lowest BCUT2D eigenvalue weighted by Gasteiger charge is -2.32. The van der Waals surface area contributed by atoms with Crippen molar-refractivity contribution in [2.24, 2.45) is 5.92 Å². The number of benzene rings is 3. The fourth-order valence-corrected chi connectivity index (χ4v) is 5.02. The first-order valence-corrected chi connectivity index (χ1v) is 12.3. The molecule has 3 aromatic rings. The summed E-state index contributed by atoms with van der Waals surface area (Å²) >= 11 is 0. The summed E-state index contributed by atoms with van der Waals surface area (Å²) in [5, 5.41) is 19.4. The van der Waals surface area contributed by atoms with Crippen molar-refractivity contribution in [3.05, 3.63) is 82.9 Å². The minimum atomic E-state index is -1.38. The molecule has 0 bridgehead atoms. The van der Waals surface area contributed by atoms with E-state index in [2.05, 4.69) is 0 Å². The quantitative estimate of drug-likeness (QED) is 0.312. The molecule has 1 atom stereocenters. The van der Waals surface area contributed by atoms with Gasteiger partial charge in [0.15, 0.2) is 23.1 Å². The Kier molecular flexibility index (Phi) is 8.19. The fraction of sp³-hybridized carbons (Fsp3) is 0.379. The molecule has 7 heteroatoms. The third-order valence-electron chi connectivity index (χ3n) is 7.14. The summed E-state index contributed by atoms with van der Waals surface area (Å²) in [4.78, 5) is 0. The smallest absolute Gasteiger partial charge is 0.204 e. The molecule has 0 aliphatic heterocycles. The molecule has 1 aliphatic carbocycles. The average Bonchev–Trinajstić information content (AvgIpc) is 2.89. The lowest BCUT2D eigenvalue weighted by atomic mass is 9.75. The number of aromatic hydroxyl groups is 1. The van der Waals surface area contributed by atoms with Crippen LogP contribution in [0.5, 0.6) is 11.5 Å². The molecule has 192 valence electrons. The van der Waals surface area contributed by atoms with Gasteiger partial charge in [0, 0.05) is 5.56 Å². The van der Waals surface area contributed by atoms with Crippen LogP contribution in [0.15, 0.2) is 48.5 Å². The van der Waals surface area contributed by atoms with Gasteiger partial charge in [0.05, 0.1) is 6.10 Å². The van der Waals surface area contributed by atoms with Crippen LogP contribution in [0.1, 0.15) is 62.5 Å². The topological polar surface area (TPSA) is 49.7 Å². The summed E-state index contributed by atoms with van der Waals surface area (Å²) in [5.41, 5.74) is 1.62. The minimum Gasteiger partial charge on any atom is -0.505 e. The maximum Gasteiger partial charge on any atom is 0.204 e. The second-order valence-electron chi connectivity index (χ2n) is 9.49. The number of hydrogen-bond donors (Lipinski definition) is 2. The molecule has 1 unspecified atom stereocenters. The van der Waals surface area contributed by atoms with E-state index < -0.39 is 29.0 Å². The molecule has 3 nitrogen and oxygen atoms in total. The summed E-state index contributed by atoms with van der Waals surface area (Å²) in [6.45, 7) is 1.96. The van der Waals surface area contributed by atoms with Crippen LogP contribution in [0.4, 0.5) is 17.6 Å². The second kappa shape index (κ2) is 11.3. The molecule has 0 spiro atoms. The molecule has 0 saturated heterocycles. The van der Waals surface area contributed by atoms with Crippen molar-refractivity contribution in [3.8, 4) is 22.6 Å². The highest BCUT2D eigenvalue weighted by Crippen LogP contribution is 2.40. The molecule has 1 aliphatic rings. The van der Waals surface area contributed by atoms with E-state index in [0.717, 1.165) is 50.7 Å². The molecule has 3 aromatic carbocycles. The summed E-state index contributed by atoms with van der Waals surface area (Å²) < 4.78 is 62.7. The van der Waals surface area contributed by atoms with Crippen molar-refractivity contribution >= 4 is 0 Å². The van der Waals surface area contributed by atoms with E-state index >= 15 is 8.78 Å². The van der Waals surface area contributed by atoms with Crippen LogP contribution in [0, 0.1) is 29.2 Å². The number of phenols is 1. The molecular formula is C29H30F4O3. The first-order chi connectivity index (χ1) is 17.3. The lowest BCUT2D eigenvalue weighted by molar-refractivity contribution is 0.0727. The Morgan fingerprint density at radius 3 is 2.19 bits per heavy atom. The van der Waals surface area contributed by atoms with E-state index in [9.17, 15) is 19.0 Å². The highest BCUT2D eigenvalue weighted by atomic mass is 19.2. The molecule has 2 N–H and O–H groups in total. The van der Waals surface area contributed by atoms with Gasteiger partial charge >= 0.3 is 0 Å². The van der Waals surface area contributed by atoms with Crippen LogP contribution >= 0.6 is 0 Å². The average molecular weight is 503 g/mol. The lowest BCUT2D eigenvalue weighted by Crippen LogP contribution is -2.25. The largest absolute Gasteiger partial charge is 0.505 e. The van der Waals surface area contributed by atoms with E-state index in [1.807, 2.05) is 6.92 Å². The number of phenolic OH excluding ortho intramolecular Hbond substituents is 1. The van der Waals surface area contributed by atoms with Crippen molar-refractivity contribution in [2.45, 2.75) is 64.1 Å². The van der Waals surface area contributed by atoms with Gasteiger partial charge in [-0.15, -0.1) is 0 Å². The van der Waals surface area contributed by atoms with Crippen LogP contribution in [0.2, 0.25) is 0 Å². The van der Waals surface area contributed by atoms with Gasteiger partial charge in [-0.1, -0.05) is 49.7 Å². The predicted molar refractivity (Wildman–Crippen MR) is 130 cm³/mol. The number of aliphatic hydroxyl groups is 1. The van der Waals surface area contributed by atoms with Crippen LogP contribution < -0.4 is 4.74 Å². The van der Waals surface area contributed by atoms with E-state index in [0.29, 0.717) is 16.7 Å². The highest BCUT2D eigenvalue weighted by molar-refractivity contribution is 5.65. The Morgan fingerprint density at radius 2 is 1.53 bits per heavy atom. The van der Waals surface area contributed by atoms with Gasteiger partial charge in [-0.05, 0) is 72.8 Å². The van der Waals surface area contributed by atoms with Crippen molar-refractivity contribution < 1.29 is 32.5 Å². The molecule has 1 saturated carbocycles. The summed E-state index contributed by atoms with van der Waals surface area (Å²) in [7, 11) is 0. The van der Waals surface area contributed by atoms with Gasteiger partial charge in [0.2, 0.25) is 11.6 Å². The zero-order chi connectivity index (χ0) is 25.8. The Balaban J connectivity index is 1.42. The van der Waals surface area contributed by atoms with E-state index in [1.165, 1.54) is 0 Å². The van der Waals surface area contributed by atoms with E-state index in [-0.39, 0.29) is 35.9 Å². The fourth-order valence-electron chi connectivity index (χ4n) is 5.02. The van der Waals surface area contributed by atoms with Crippen molar-refractivity contribution in [1.29, 1.82) is 0 Å². The molecule has 1 fully saturated rings. The standard InChI is InChI=1S/C29H30F4O3/c1-2-3-23(34)20-10-8-19(9-11-20)22-13-12-21(26(30)27(22)31)18-6-4-17(5-7-18)16-36-25-15-14-24(35)28(32)29(25)33/h4-7,12-15,19-20,23,34-35H,2-3,8-11,16H2,1H3. The van der Waals surface area contributed by atoms with Gasteiger partial charge in [0.25, 0.3) is 0 Å². The number of hydrogen-bond acceptors (Lipinski definition) is 3. The first-order valence-electron chi connectivity index (χ1n) is 12.3. The van der Waals surface area contributed by atoms with E-state index in [4.69, 9.17) is 4.74 Å². The summed E-state index contributed by atoms with van der Waals surface area (Å²) in [6, 6.07) is 11.9. The Bertz CT molecular complexity index is 1190. The number of aliphatic hydroxyl groups excluding tert-OH is 1. The zero-order valence-electron chi connectivity index (χ0n) is 20.1. The van der Waals surface area contributed by atoms with Gasteiger partial charge < -0.3 is 14.9 Å². The van der Waals surface area contributed by atoms with Crippen LogP contribution in [0.3, 0.4) is 0 Å².